The summed E-state index contributed by atoms with van der Waals surface area (Å²) in [5.41, 5.74) is 19.4. The van der Waals surface area contributed by atoms with Crippen LogP contribution in [0.3, 0.4) is 0 Å². The first-order chi connectivity index (χ1) is 19.4. The number of carbonyl (C=O) groups excluding carboxylic acids is 1. The van der Waals surface area contributed by atoms with E-state index in [1.54, 1.807) is 6.92 Å². The zero-order chi connectivity index (χ0) is 30.3. The van der Waals surface area contributed by atoms with Crippen LogP contribution in [0.5, 0.6) is 0 Å². The Hall–Kier alpha value is -3.33. The second-order valence-corrected chi connectivity index (χ2v) is 12.8. The molecule has 1 aliphatic carbocycles. The molecule has 0 saturated carbocycles. The molecule has 0 amide bonds. The smallest absolute Gasteiger partial charge is 0.264 e. The number of dihydropyridines is 1. The number of hydrogen-bond acceptors (Lipinski definition) is 8. The minimum absolute atomic E-state index is 0.119. The normalized spacial score (nSPS) is 18.6. The van der Waals surface area contributed by atoms with Crippen molar-refractivity contribution in [1.82, 2.24) is 5.32 Å². The van der Waals surface area contributed by atoms with Gasteiger partial charge in [-0.15, -0.1) is 0 Å². The summed E-state index contributed by atoms with van der Waals surface area (Å²) in [6.45, 7) is 6.26. The van der Waals surface area contributed by atoms with E-state index in [2.05, 4.69) is 39.6 Å². The van der Waals surface area contributed by atoms with Gasteiger partial charge >= 0.3 is 0 Å². The number of ketones is 1. The number of rotatable bonds is 8. The Morgan fingerprint density at radius 3 is 2.41 bits per heavy atom. The third-order valence-electron chi connectivity index (χ3n) is 7.18. The molecule has 0 radical (unpaired) electrons. The van der Waals surface area contributed by atoms with Crippen LogP contribution in [0.15, 0.2) is 63.4 Å². The topological polar surface area (TPSA) is 171 Å². The molecule has 2 aliphatic rings. The van der Waals surface area contributed by atoms with Crippen LogP contribution in [0.1, 0.15) is 69.9 Å². The van der Waals surface area contributed by atoms with Gasteiger partial charge in [-0.05, 0) is 77.4 Å². The van der Waals surface area contributed by atoms with Crippen LogP contribution in [0.4, 0.5) is 17.1 Å². The fourth-order valence-corrected chi connectivity index (χ4v) is 6.50. The van der Waals surface area contributed by atoms with Gasteiger partial charge in [-0.3, -0.25) is 9.35 Å². The van der Waals surface area contributed by atoms with Gasteiger partial charge in [-0.25, -0.2) is 0 Å². The third kappa shape index (κ3) is 8.12. The van der Waals surface area contributed by atoms with Crippen LogP contribution < -0.4 is 22.1 Å². The molecule has 41 heavy (non-hydrogen) atoms. The Bertz CT molecular complexity index is 1490. The summed E-state index contributed by atoms with van der Waals surface area (Å²) in [4.78, 5) is 13.3. The fourth-order valence-electron chi connectivity index (χ4n) is 5.35. The van der Waals surface area contributed by atoms with Crippen LogP contribution >= 0.6 is 15.9 Å². The molecule has 2 aromatic rings. The van der Waals surface area contributed by atoms with E-state index in [1.165, 1.54) is 0 Å². The molecule has 0 saturated heterocycles. The number of nitrogens with two attached hydrogens (primary N) is 2. The maximum Gasteiger partial charge on any atom is 0.264 e. The van der Waals surface area contributed by atoms with E-state index >= 15 is 0 Å². The largest absolute Gasteiger partial charge is 0.398 e. The summed E-state index contributed by atoms with van der Waals surface area (Å²) in [6, 6.07) is 13.9. The summed E-state index contributed by atoms with van der Waals surface area (Å²) in [5, 5.41) is 16.7. The highest BCUT2D eigenvalue weighted by Gasteiger charge is 2.38. The summed E-state index contributed by atoms with van der Waals surface area (Å²) in [7, 11) is -3.67. The minimum atomic E-state index is -3.67. The quantitative estimate of drug-likeness (QED) is 0.170. The Morgan fingerprint density at radius 2 is 1.85 bits per heavy atom. The molecule has 4 rings (SSSR count). The van der Waals surface area contributed by atoms with E-state index in [0.717, 1.165) is 51.9 Å². The monoisotopic (exact) mass is 643 g/mol. The van der Waals surface area contributed by atoms with Gasteiger partial charge in [0.05, 0.1) is 34.7 Å². The molecule has 1 aliphatic heterocycles. The van der Waals surface area contributed by atoms with Crippen molar-refractivity contribution < 1.29 is 17.8 Å². The van der Waals surface area contributed by atoms with E-state index in [-0.39, 0.29) is 11.5 Å². The number of carbonyl (C=O) groups is 1. The van der Waals surface area contributed by atoms with Gasteiger partial charge in [0.2, 0.25) is 0 Å². The molecule has 2 unspecified atom stereocenters. The molecule has 220 valence electrons. The lowest BCUT2D eigenvalue weighted by Gasteiger charge is -2.35. The molecular weight excluding hydrogens is 606 g/mol. The van der Waals surface area contributed by atoms with Crippen LogP contribution in [-0.2, 0) is 21.5 Å². The average Bonchev–Trinajstić information content (AvgIpc) is 2.88. The molecule has 7 N–H and O–H groups in total. The predicted molar refractivity (Wildman–Crippen MR) is 167 cm³/mol. The molecule has 0 spiro atoms. The van der Waals surface area contributed by atoms with Gasteiger partial charge in [-0.2, -0.15) is 13.7 Å². The molecule has 0 aromatic heterocycles. The lowest BCUT2D eigenvalue weighted by Crippen LogP contribution is -2.34. The molecule has 9 nitrogen and oxygen atoms in total. The van der Waals surface area contributed by atoms with E-state index in [9.17, 15) is 18.5 Å². The Kier molecular flexibility index (Phi) is 11.0. The van der Waals surface area contributed by atoms with Crippen molar-refractivity contribution in [2.75, 3.05) is 22.5 Å². The number of Topliss-reactive ketones (excluding diaryl/α,β-unsaturated/α-hetero) is 1. The zero-order valence-electron chi connectivity index (χ0n) is 23.6. The first-order valence-corrected chi connectivity index (χ1v) is 16.1. The van der Waals surface area contributed by atoms with Crippen molar-refractivity contribution in [2.45, 2.75) is 65.3 Å². The number of nitrogens with zero attached hydrogens (tertiary/aromatic N) is 1. The molecule has 11 heteroatoms. The minimum Gasteiger partial charge on any atom is -0.398 e. The van der Waals surface area contributed by atoms with Crippen molar-refractivity contribution in [2.24, 2.45) is 5.92 Å². The van der Waals surface area contributed by atoms with Crippen molar-refractivity contribution >= 4 is 48.9 Å². The van der Waals surface area contributed by atoms with Gasteiger partial charge < -0.3 is 22.1 Å². The van der Waals surface area contributed by atoms with Crippen molar-refractivity contribution in [1.29, 1.82) is 5.26 Å². The number of anilines is 3. The number of halogens is 1. The number of nitriles is 1. The Morgan fingerprint density at radius 1 is 1.15 bits per heavy atom. The van der Waals surface area contributed by atoms with Crippen LogP contribution in [0.2, 0.25) is 0 Å². The van der Waals surface area contributed by atoms with Gasteiger partial charge in [0.25, 0.3) is 10.1 Å². The summed E-state index contributed by atoms with van der Waals surface area (Å²) < 4.78 is 28.3. The summed E-state index contributed by atoms with van der Waals surface area (Å²) in [6.07, 6.45) is 3.90. The Labute approximate surface area is 251 Å². The van der Waals surface area contributed by atoms with E-state index in [0.29, 0.717) is 47.8 Å². The third-order valence-corrected chi connectivity index (χ3v) is 8.73. The number of allylic oxidation sites excluding steroid dienone is 4. The summed E-state index contributed by atoms with van der Waals surface area (Å²) in [5.74, 6) is -0.0928. The second-order valence-electron chi connectivity index (χ2n) is 10.4. The number of nitrogens with one attached hydrogen (secondary N) is 2. The fraction of sp³-hybridized carbons (Fsp3) is 0.400. The van der Waals surface area contributed by atoms with E-state index in [4.69, 9.17) is 16.0 Å². The Balaban J connectivity index is 0.000000587. The number of para-hydroxylation sites is 1. The SMILES string of the molecule is CCCC1CC(=O)C2=C(C1)NC(C)=C(C#N)C2c1cc(N)c(NCc2ccccc2N)c(Br)c1.CCCS(=O)(=O)O. The highest BCUT2D eigenvalue weighted by Crippen LogP contribution is 2.45. The molecular formula is C30H38BrN5O4S. The molecule has 0 fully saturated rings. The standard InChI is InChI=1S/C27H30BrN5O.C3H8O3S/c1-3-6-16-9-23-26(24(34)10-16)25(19(13-29)15(2)33-23)18-11-20(28)27(22(31)12-18)32-14-17-7-4-5-8-21(17)30;1-2-3-7(4,5)6/h4-5,7-8,11-12,16,25,32-33H,3,6,9-10,14,30-31H2,1-2H3;2-3H2,1H3,(H,4,5,6). The summed E-state index contributed by atoms with van der Waals surface area (Å²) >= 11 is 3.66. The van der Waals surface area contributed by atoms with Crippen LogP contribution in [0, 0.1) is 17.2 Å². The highest BCUT2D eigenvalue weighted by molar-refractivity contribution is 9.10. The molecule has 2 atom stereocenters. The number of benzene rings is 2. The number of nitrogen functional groups attached to an aromatic ring is 2. The maximum absolute atomic E-state index is 13.3. The van der Waals surface area contributed by atoms with Gasteiger partial charge in [0, 0.05) is 40.1 Å². The highest BCUT2D eigenvalue weighted by atomic mass is 79.9. The number of hydrogen-bond donors (Lipinski definition) is 5. The van der Waals surface area contributed by atoms with Crippen molar-refractivity contribution in [3.8, 4) is 6.07 Å². The van der Waals surface area contributed by atoms with Gasteiger partial charge in [-0.1, -0.05) is 38.5 Å². The van der Waals surface area contributed by atoms with Crippen molar-refractivity contribution in [3.05, 3.63) is 74.5 Å². The predicted octanol–water partition coefficient (Wildman–Crippen LogP) is 6.03. The second kappa shape index (κ2) is 14.0. The van der Waals surface area contributed by atoms with E-state index < -0.39 is 16.0 Å². The van der Waals surface area contributed by atoms with Gasteiger partial charge in [0.15, 0.2) is 5.78 Å². The van der Waals surface area contributed by atoms with Gasteiger partial charge in [0.1, 0.15) is 0 Å². The van der Waals surface area contributed by atoms with Crippen LogP contribution in [0.25, 0.3) is 0 Å². The lowest BCUT2D eigenvalue weighted by molar-refractivity contribution is -0.117. The average molecular weight is 645 g/mol. The van der Waals surface area contributed by atoms with Crippen molar-refractivity contribution in [3.63, 3.8) is 0 Å². The first kappa shape index (κ1) is 32.2. The molecule has 0 bridgehead atoms. The zero-order valence-corrected chi connectivity index (χ0v) is 26.0. The van der Waals surface area contributed by atoms with E-state index in [1.807, 2.05) is 43.3 Å². The van der Waals surface area contributed by atoms with Crippen LogP contribution in [-0.4, -0.2) is 24.5 Å². The lowest BCUT2D eigenvalue weighted by atomic mass is 9.72. The maximum atomic E-state index is 13.3. The molecule has 2 aromatic carbocycles. The molecule has 1 heterocycles. The first-order valence-electron chi connectivity index (χ1n) is 13.6.